The van der Waals surface area contributed by atoms with Gasteiger partial charge in [-0.3, -0.25) is 9.59 Å². The molecular weight excluding hydrogens is 386 g/mol. The number of carbonyl (C=O) groups is 3. The molecular formula is C23H25NO6. The van der Waals surface area contributed by atoms with Gasteiger partial charge in [-0.2, -0.15) is 0 Å². The summed E-state index contributed by atoms with van der Waals surface area (Å²) in [6.07, 6.45) is 2.79. The fourth-order valence-corrected chi connectivity index (χ4v) is 2.41. The Morgan fingerprint density at radius 2 is 1.63 bits per heavy atom. The molecule has 1 amide bonds. The van der Waals surface area contributed by atoms with Crippen LogP contribution >= 0.6 is 0 Å². The van der Waals surface area contributed by atoms with Crippen molar-refractivity contribution in [2.75, 3.05) is 26.1 Å². The van der Waals surface area contributed by atoms with E-state index in [0.717, 1.165) is 5.56 Å². The molecule has 0 heterocycles. The Morgan fingerprint density at radius 3 is 2.23 bits per heavy atom. The highest BCUT2D eigenvalue weighted by atomic mass is 16.5. The van der Waals surface area contributed by atoms with Crippen molar-refractivity contribution >= 4 is 29.4 Å². The highest BCUT2D eigenvalue weighted by Crippen LogP contribution is 2.27. The number of nitrogens with one attached hydrogen (secondary N) is 1. The number of ketones is 1. The standard InChI is InChI=1S/C23H25NO6/c1-15(2)23(27)24-18-9-7-17(8-10-18)19(25)14-30-22(26)12-6-16-5-11-20(28-3)21(13-16)29-4/h5-13,15H,14H2,1-4H3,(H,24,27)/b12-6+. The smallest absolute Gasteiger partial charge is 0.331 e. The van der Waals surface area contributed by atoms with Gasteiger partial charge in [0, 0.05) is 23.2 Å². The average molecular weight is 411 g/mol. The summed E-state index contributed by atoms with van der Waals surface area (Å²) in [5.41, 5.74) is 1.70. The third-order valence-electron chi connectivity index (χ3n) is 4.16. The number of esters is 1. The maximum atomic E-state index is 12.2. The van der Waals surface area contributed by atoms with E-state index in [2.05, 4.69) is 5.32 Å². The lowest BCUT2D eigenvalue weighted by atomic mass is 10.1. The van der Waals surface area contributed by atoms with Gasteiger partial charge in [0.25, 0.3) is 0 Å². The van der Waals surface area contributed by atoms with E-state index in [1.165, 1.54) is 20.3 Å². The molecule has 0 spiro atoms. The molecule has 0 aliphatic rings. The van der Waals surface area contributed by atoms with E-state index in [0.29, 0.717) is 22.7 Å². The van der Waals surface area contributed by atoms with Gasteiger partial charge in [0.05, 0.1) is 14.2 Å². The van der Waals surface area contributed by atoms with Crippen LogP contribution in [0, 0.1) is 5.92 Å². The Morgan fingerprint density at radius 1 is 0.967 bits per heavy atom. The van der Waals surface area contributed by atoms with Crippen LogP contribution in [0.2, 0.25) is 0 Å². The second-order valence-corrected chi connectivity index (χ2v) is 6.70. The molecule has 0 fully saturated rings. The lowest BCUT2D eigenvalue weighted by molar-refractivity contribution is -0.136. The van der Waals surface area contributed by atoms with E-state index < -0.39 is 5.97 Å². The third-order valence-corrected chi connectivity index (χ3v) is 4.16. The van der Waals surface area contributed by atoms with E-state index in [-0.39, 0.29) is 24.2 Å². The number of benzene rings is 2. The number of carbonyl (C=O) groups excluding carboxylic acids is 3. The molecule has 30 heavy (non-hydrogen) atoms. The first-order valence-corrected chi connectivity index (χ1v) is 9.35. The zero-order chi connectivity index (χ0) is 22.1. The summed E-state index contributed by atoms with van der Waals surface area (Å²) >= 11 is 0. The van der Waals surface area contributed by atoms with Crippen LogP contribution < -0.4 is 14.8 Å². The molecule has 2 aromatic carbocycles. The van der Waals surface area contributed by atoms with Gasteiger partial charge in [0.15, 0.2) is 23.9 Å². The van der Waals surface area contributed by atoms with Crippen molar-refractivity contribution in [3.05, 3.63) is 59.7 Å². The number of methoxy groups -OCH3 is 2. The van der Waals surface area contributed by atoms with Crippen molar-refractivity contribution in [3.8, 4) is 11.5 Å². The van der Waals surface area contributed by atoms with E-state index >= 15 is 0 Å². The third kappa shape index (κ3) is 6.48. The molecule has 0 aromatic heterocycles. The molecule has 1 N–H and O–H groups in total. The van der Waals surface area contributed by atoms with Crippen LogP contribution in [0.25, 0.3) is 6.08 Å². The van der Waals surface area contributed by atoms with Gasteiger partial charge in [0.2, 0.25) is 5.91 Å². The normalized spacial score (nSPS) is 10.7. The highest BCUT2D eigenvalue weighted by molar-refractivity contribution is 5.99. The molecule has 0 saturated carbocycles. The zero-order valence-electron chi connectivity index (χ0n) is 17.4. The average Bonchev–Trinajstić information content (AvgIpc) is 2.76. The van der Waals surface area contributed by atoms with Crippen molar-refractivity contribution < 1.29 is 28.6 Å². The molecule has 0 aliphatic carbocycles. The fourth-order valence-electron chi connectivity index (χ4n) is 2.41. The molecule has 7 nitrogen and oxygen atoms in total. The van der Waals surface area contributed by atoms with Crippen LogP contribution in [0.4, 0.5) is 5.69 Å². The molecule has 0 radical (unpaired) electrons. The van der Waals surface area contributed by atoms with Gasteiger partial charge in [-0.15, -0.1) is 0 Å². The number of ether oxygens (including phenoxy) is 3. The lowest BCUT2D eigenvalue weighted by Crippen LogP contribution is -2.18. The molecule has 0 bridgehead atoms. The van der Waals surface area contributed by atoms with Crippen molar-refractivity contribution in [2.45, 2.75) is 13.8 Å². The quantitative estimate of drug-likeness (QED) is 0.384. The molecule has 0 unspecified atom stereocenters. The zero-order valence-corrected chi connectivity index (χ0v) is 17.4. The van der Waals surface area contributed by atoms with Crippen molar-refractivity contribution in [1.82, 2.24) is 0 Å². The van der Waals surface area contributed by atoms with Crippen LogP contribution in [-0.2, 0) is 14.3 Å². The van der Waals surface area contributed by atoms with Gasteiger partial charge in [-0.25, -0.2) is 4.79 Å². The summed E-state index contributed by atoms with van der Waals surface area (Å²) in [5.74, 6) is -0.112. The van der Waals surface area contributed by atoms with Crippen LogP contribution in [0.1, 0.15) is 29.8 Å². The summed E-state index contributed by atoms with van der Waals surface area (Å²) in [6, 6.07) is 11.6. The number of anilines is 1. The Balaban J connectivity index is 1.89. The second-order valence-electron chi connectivity index (χ2n) is 6.70. The van der Waals surface area contributed by atoms with Gasteiger partial charge in [-0.1, -0.05) is 19.9 Å². The van der Waals surface area contributed by atoms with Crippen molar-refractivity contribution in [1.29, 1.82) is 0 Å². The minimum absolute atomic E-state index is 0.107. The Labute approximate surface area is 175 Å². The van der Waals surface area contributed by atoms with Crippen molar-refractivity contribution in [2.24, 2.45) is 5.92 Å². The monoisotopic (exact) mass is 411 g/mol. The van der Waals surface area contributed by atoms with Crippen LogP contribution in [0.3, 0.4) is 0 Å². The predicted octanol–water partition coefficient (Wildman–Crippen LogP) is 3.74. The first kappa shape index (κ1) is 22.7. The number of rotatable bonds is 9. The SMILES string of the molecule is COc1ccc(/C=C/C(=O)OCC(=O)c2ccc(NC(=O)C(C)C)cc2)cc1OC. The Hall–Kier alpha value is -3.61. The minimum atomic E-state index is -0.640. The van der Waals surface area contributed by atoms with E-state index in [9.17, 15) is 14.4 Å². The summed E-state index contributed by atoms with van der Waals surface area (Å²) in [5, 5.41) is 2.74. The van der Waals surface area contributed by atoms with Gasteiger partial charge in [0.1, 0.15) is 0 Å². The predicted molar refractivity (Wildman–Crippen MR) is 114 cm³/mol. The van der Waals surface area contributed by atoms with Gasteiger partial charge >= 0.3 is 5.97 Å². The van der Waals surface area contributed by atoms with Crippen molar-refractivity contribution in [3.63, 3.8) is 0 Å². The molecule has 2 aromatic rings. The maximum absolute atomic E-state index is 12.2. The van der Waals surface area contributed by atoms with Crippen LogP contribution in [-0.4, -0.2) is 38.5 Å². The lowest BCUT2D eigenvalue weighted by Gasteiger charge is -2.08. The molecule has 0 atom stereocenters. The summed E-state index contributed by atoms with van der Waals surface area (Å²) < 4.78 is 15.4. The molecule has 7 heteroatoms. The molecule has 2 rings (SSSR count). The highest BCUT2D eigenvalue weighted by Gasteiger charge is 2.11. The second kappa shape index (κ2) is 10.8. The number of Topliss-reactive ketones (excluding diaryl/α,β-unsaturated/α-hetero) is 1. The molecule has 0 saturated heterocycles. The number of hydrogen-bond donors (Lipinski definition) is 1. The Kier molecular flexibility index (Phi) is 8.17. The van der Waals surface area contributed by atoms with E-state index in [1.54, 1.807) is 62.4 Å². The van der Waals surface area contributed by atoms with Gasteiger partial charge in [-0.05, 0) is 48.0 Å². The van der Waals surface area contributed by atoms with E-state index in [4.69, 9.17) is 14.2 Å². The summed E-state index contributed by atoms with van der Waals surface area (Å²) in [7, 11) is 3.06. The number of hydrogen-bond acceptors (Lipinski definition) is 6. The number of amides is 1. The summed E-state index contributed by atoms with van der Waals surface area (Å²) in [4.78, 5) is 35.8. The minimum Gasteiger partial charge on any atom is -0.493 e. The largest absolute Gasteiger partial charge is 0.493 e. The molecule has 158 valence electrons. The topological polar surface area (TPSA) is 90.9 Å². The first-order valence-electron chi connectivity index (χ1n) is 9.35. The first-order chi connectivity index (χ1) is 14.3. The van der Waals surface area contributed by atoms with Crippen LogP contribution in [0.15, 0.2) is 48.5 Å². The fraction of sp³-hybridized carbons (Fsp3) is 0.261. The Bertz CT molecular complexity index is 931. The van der Waals surface area contributed by atoms with Gasteiger partial charge < -0.3 is 19.5 Å². The molecule has 0 aliphatic heterocycles. The van der Waals surface area contributed by atoms with Crippen LogP contribution in [0.5, 0.6) is 11.5 Å². The van der Waals surface area contributed by atoms with E-state index in [1.807, 2.05) is 0 Å². The maximum Gasteiger partial charge on any atom is 0.331 e. The summed E-state index contributed by atoms with van der Waals surface area (Å²) in [6.45, 7) is 3.20.